The Morgan fingerprint density at radius 3 is 1.81 bits per heavy atom. The number of quaternary nitrogens is 1. The molecule has 0 saturated carbocycles. The van der Waals surface area contributed by atoms with Gasteiger partial charge in [-0.05, 0) is 26.7 Å². The molecular formula is C18H40NO2+. The normalized spacial score (nSPS) is 12.0. The molecule has 0 saturated heterocycles. The third-order valence-corrected chi connectivity index (χ3v) is 4.77. The van der Waals surface area contributed by atoms with E-state index in [1.54, 1.807) is 0 Å². The Bertz CT molecular complexity index is 205. The highest BCUT2D eigenvalue weighted by Gasteiger charge is 2.22. The molecule has 0 aliphatic rings. The van der Waals surface area contributed by atoms with E-state index in [0.29, 0.717) is 6.61 Å². The van der Waals surface area contributed by atoms with E-state index in [9.17, 15) is 0 Å². The Hall–Kier alpha value is -0.120. The van der Waals surface area contributed by atoms with Gasteiger partial charge in [-0.25, -0.2) is 0 Å². The Balaban J connectivity index is 3.72. The number of likely N-dealkylation sites (N-methyl/N-ethyl adjacent to an activating group) is 1. The van der Waals surface area contributed by atoms with Crippen molar-refractivity contribution in [2.45, 2.75) is 72.1 Å². The van der Waals surface area contributed by atoms with Crippen LogP contribution in [0.4, 0.5) is 0 Å². The largest absolute Gasteiger partial charge is 0.394 e. The molecule has 0 amide bonds. The predicted octanol–water partition coefficient (Wildman–Crippen LogP) is 3.99. The third-order valence-electron chi connectivity index (χ3n) is 4.77. The number of unbranched alkanes of at least 4 members (excludes halogenated alkanes) is 7. The number of rotatable bonds is 16. The average Bonchev–Trinajstić information content (AvgIpc) is 2.52. The summed E-state index contributed by atoms with van der Waals surface area (Å²) in [6.07, 6.45) is 11.1. The van der Waals surface area contributed by atoms with Crippen molar-refractivity contribution in [3.8, 4) is 0 Å². The van der Waals surface area contributed by atoms with Crippen molar-refractivity contribution in [3.63, 3.8) is 0 Å². The summed E-state index contributed by atoms with van der Waals surface area (Å²) in [6.45, 7) is 13.0. The lowest BCUT2D eigenvalue weighted by Crippen LogP contribution is -2.50. The highest BCUT2D eigenvalue weighted by molar-refractivity contribution is 4.48. The summed E-state index contributed by atoms with van der Waals surface area (Å²) in [6, 6.07) is 0. The van der Waals surface area contributed by atoms with Crippen molar-refractivity contribution in [2.75, 3.05) is 46.0 Å². The SMILES string of the molecule is CCCCCCCCCC[N+](CC)(CC)CCOCCO. The van der Waals surface area contributed by atoms with Crippen LogP contribution in [0.2, 0.25) is 0 Å². The van der Waals surface area contributed by atoms with Gasteiger partial charge >= 0.3 is 0 Å². The summed E-state index contributed by atoms with van der Waals surface area (Å²) >= 11 is 0. The van der Waals surface area contributed by atoms with Crippen molar-refractivity contribution in [1.82, 2.24) is 0 Å². The smallest absolute Gasteiger partial charge is 0.102 e. The topological polar surface area (TPSA) is 29.5 Å². The van der Waals surface area contributed by atoms with Crippen molar-refractivity contribution < 1.29 is 14.3 Å². The molecule has 0 aliphatic carbocycles. The Labute approximate surface area is 133 Å². The summed E-state index contributed by atoms with van der Waals surface area (Å²) in [4.78, 5) is 0. The van der Waals surface area contributed by atoms with E-state index in [-0.39, 0.29) is 6.61 Å². The molecule has 0 radical (unpaired) electrons. The van der Waals surface area contributed by atoms with Crippen molar-refractivity contribution >= 4 is 0 Å². The van der Waals surface area contributed by atoms with Gasteiger partial charge < -0.3 is 14.3 Å². The molecule has 3 heteroatoms. The van der Waals surface area contributed by atoms with Crippen LogP contribution in [0.5, 0.6) is 0 Å². The first-order valence-corrected chi connectivity index (χ1v) is 9.28. The van der Waals surface area contributed by atoms with E-state index < -0.39 is 0 Å². The fourth-order valence-electron chi connectivity index (χ4n) is 2.97. The first-order valence-electron chi connectivity index (χ1n) is 9.28. The quantitative estimate of drug-likeness (QED) is 0.345. The standard InChI is InChI=1S/C18H40NO2/c1-4-7-8-9-10-11-12-13-14-19(5-2,6-3)15-17-21-18-16-20/h20H,4-18H2,1-3H3/q+1. The van der Waals surface area contributed by atoms with E-state index in [1.807, 2.05) is 0 Å². The molecule has 0 atom stereocenters. The summed E-state index contributed by atoms with van der Waals surface area (Å²) < 4.78 is 6.63. The second-order valence-electron chi connectivity index (χ2n) is 6.23. The van der Waals surface area contributed by atoms with Gasteiger partial charge in [-0.3, -0.25) is 0 Å². The van der Waals surface area contributed by atoms with Crippen molar-refractivity contribution in [1.29, 1.82) is 0 Å². The van der Waals surface area contributed by atoms with Crippen LogP contribution < -0.4 is 0 Å². The van der Waals surface area contributed by atoms with Gasteiger partial charge in [0, 0.05) is 0 Å². The number of nitrogens with zero attached hydrogens (tertiary/aromatic N) is 1. The molecule has 0 aromatic carbocycles. The fraction of sp³-hybridized carbons (Fsp3) is 1.00. The molecule has 3 nitrogen and oxygen atoms in total. The summed E-state index contributed by atoms with van der Waals surface area (Å²) in [5, 5.41) is 8.76. The zero-order valence-electron chi connectivity index (χ0n) is 14.9. The molecule has 0 aromatic rings. The van der Waals surface area contributed by atoms with Gasteiger partial charge in [-0.2, -0.15) is 0 Å². The number of hydrogen-bond acceptors (Lipinski definition) is 2. The van der Waals surface area contributed by atoms with E-state index in [4.69, 9.17) is 9.84 Å². The average molecular weight is 303 g/mol. The summed E-state index contributed by atoms with van der Waals surface area (Å²) in [7, 11) is 0. The van der Waals surface area contributed by atoms with E-state index in [0.717, 1.165) is 13.2 Å². The molecule has 0 aliphatic heterocycles. The van der Waals surface area contributed by atoms with E-state index >= 15 is 0 Å². The van der Waals surface area contributed by atoms with Crippen LogP contribution in [0.25, 0.3) is 0 Å². The number of ether oxygens (including phenoxy) is 1. The highest BCUT2D eigenvalue weighted by Crippen LogP contribution is 2.13. The van der Waals surface area contributed by atoms with Gasteiger partial charge in [-0.15, -0.1) is 0 Å². The Kier molecular flexibility index (Phi) is 14.7. The van der Waals surface area contributed by atoms with Crippen LogP contribution in [-0.2, 0) is 4.74 Å². The Morgan fingerprint density at radius 1 is 0.714 bits per heavy atom. The van der Waals surface area contributed by atoms with Gasteiger partial charge in [0.1, 0.15) is 6.54 Å². The molecule has 0 rings (SSSR count). The molecule has 0 spiro atoms. The minimum atomic E-state index is 0.135. The number of hydrogen-bond donors (Lipinski definition) is 1. The fourth-order valence-corrected chi connectivity index (χ4v) is 2.97. The van der Waals surface area contributed by atoms with Gasteiger partial charge in [0.15, 0.2) is 0 Å². The van der Waals surface area contributed by atoms with Gasteiger partial charge in [-0.1, -0.05) is 45.4 Å². The zero-order chi connectivity index (χ0) is 15.8. The summed E-state index contributed by atoms with van der Waals surface area (Å²) in [5.74, 6) is 0. The van der Waals surface area contributed by atoms with Crippen LogP contribution in [0.1, 0.15) is 72.1 Å². The molecule has 0 bridgehead atoms. The molecular weight excluding hydrogens is 262 g/mol. The Morgan fingerprint density at radius 2 is 1.29 bits per heavy atom. The van der Waals surface area contributed by atoms with E-state index in [1.165, 1.54) is 75.5 Å². The maximum absolute atomic E-state index is 8.76. The highest BCUT2D eigenvalue weighted by atomic mass is 16.5. The maximum Gasteiger partial charge on any atom is 0.102 e. The number of aliphatic hydroxyl groups is 1. The van der Waals surface area contributed by atoms with Crippen LogP contribution in [0.15, 0.2) is 0 Å². The molecule has 0 fully saturated rings. The lowest BCUT2D eigenvalue weighted by Gasteiger charge is -2.37. The molecule has 128 valence electrons. The molecule has 21 heavy (non-hydrogen) atoms. The molecule has 1 N–H and O–H groups in total. The molecule has 0 heterocycles. The van der Waals surface area contributed by atoms with E-state index in [2.05, 4.69) is 20.8 Å². The van der Waals surface area contributed by atoms with Crippen LogP contribution in [0.3, 0.4) is 0 Å². The lowest BCUT2D eigenvalue weighted by molar-refractivity contribution is -0.925. The molecule has 0 aromatic heterocycles. The second-order valence-corrected chi connectivity index (χ2v) is 6.23. The van der Waals surface area contributed by atoms with Crippen LogP contribution in [-0.4, -0.2) is 55.6 Å². The van der Waals surface area contributed by atoms with Gasteiger partial charge in [0.05, 0.1) is 39.5 Å². The lowest BCUT2D eigenvalue weighted by atomic mass is 10.1. The van der Waals surface area contributed by atoms with Crippen LogP contribution in [0, 0.1) is 0 Å². The number of aliphatic hydroxyl groups excluding tert-OH is 1. The second kappa shape index (κ2) is 14.8. The van der Waals surface area contributed by atoms with Crippen molar-refractivity contribution in [2.24, 2.45) is 0 Å². The third kappa shape index (κ3) is 11.1. The monoisotopic (exact) mass is 302 g/mol. The summed E-state index contributed by atoms with van der Waals surface area (Å²) in [5.41, 5.74) is 0. The zero-order valence-corrected chi connectivity index (χ0v) is 14.9. The predicted molar refractivity (Wildman–Crippen MR) is 91.6 cm³/mol. The van der Waals surface area contributed by atoms with Crippen molar-refractivity contribution in [3.05, 3.63) is 0 Å². The van der Waals surface area contributed by atoms with Crippen LogP contribution >= 0.6 is 0 Å². The first-order chi connectivity index (χ1) is 10.2. The first kappa shape index (κ1) is 20.9. The maximum atomic E-state index is 8.76. The van der Waals surface area contributed by atoms with Gasteiger partial charge in [0.2, 0.25) is 0 Å². The minimum Gasteiger partial charge on any atom is -0.394 e. The molecule has 0 unspecified atom stereocenters. The van der Waals surface area contributed by atoms with Gasteiger partial charge in [0.25, 0.3) is 0 Å². The minimum absolute atomic E-state index is 0.135.